The van der Waals surface area contributed by atoms with Gasteiger partial charge in [0, 0.05) is 24.8 Å². The Labute approximate surface area is 151 Å². The van der Waals surface area contributed by atoms with Gasteiger partial charge < -0.3 is 20.1 Å². The quantitative estimate of drug-likeness (QED) is 0.860. The van der Waals surface area contributed by atoms with Crippen LogP contribution < -0.4 is 10.1 Å². The molecule has 1 aromatic rings. The summed E-state index contributed by atoms with van der Waals surface area (Å²) >= 11 is 0. The Morgan fingerprint density at radius 2 is 2.16 bits per heavy atom. The first kappa shape index (κ1) is 19.6. The minimum Gasteiger partial charge on any atom is -0.491 e. The molecule has 0 saturated carbocycles. The number of carbonyl (C=O) groups is 1. The Hall–Kier alpha value is -1.75. The van der Waals surface area contributed by atoms with E-state index < -0.39 is 6.10 Å². The zero-order valence-electron chi connectivity index (χ0n) is 16.1. The zero-order chi connectivity index (χ0) is 18.6. The summed E-state index contributed by atoms with van der Waals surface area (Å²) in [4.78, 5) is 14.2. The molecule has 25 heavy (non-hydrogen) atoms. The topological polar surface area (TPSA) is 61.8 Å². The number of piperidine rings is 1. The predicted octanol–water partition coefficient (Wildman–Crippen LogP) is 4.12. The van der Waals surface area contributed by atoms with Crippen LogP contribution in [0.3, 0.4) is 0 Å². The van der Waals surface area contributed by atoms with Crippen LogP contribution in [0.25, 0.3) is 0 Å². The van der Waals surface area contributed by atoms with Crippen molar-refractivity contribution in [3.63, 3.8) is 0 Å². The molecule has 140 valence electrons. The van der Waals surface area contributed by atoms with Crippen molar-refractivity contribution in [3.8, 4) is 5.75 Å². The second-order valence-electron chi connectivity index (χ2n) is 8.07. The number of hydrogen-bond acceptors (Lipinski definition) is 3. The van der Waals surface area contributed by atoms with Gasteiger partial charge in [0.2, 0.25) is 0 Å². The smallest absolute Gasteiger partial charge is 0.321 e. The lowest BCUT2D eigenvalue weighted by Gasteiger charge is -2.42. The van der Waals surface area contributed by atoms with Crippen molar-refractivity contribution >= 4 is 11.7 Å². The second-order valence-corrected chi connectivity index (χ2v) is 8.07. The highest BCUT2D eigenvalue weighted by molar-refractivity contribution is 5.89. The molecule has 5 nitrogen and oxygen atoms in total. The van der Waals surface area contributed by atoms with Gasteiger partial charge in [-0.05, 0) is 43.2 Å². The minimum absolute atomic E-state index is 0.0453. The number of likely N-dealkylation sites (tertiary alicyclic amines) is 1. The third-order valence-electron chi connectivity index (χ3n) is 4.98. The molecule has 1 aliphatic rings. The number of rotatable bonds is 4. The fraction of sp³-hybridized carbons (Fsp3) is 0.650. The van der Waals surface area contributed by atoms with Crippen molar-refractivity contribution in [2.75, 3.05) is 18.4 Å². The molecule has 1 aliphatic heterocycles. The van der Waals surface area contributed by atoms with E-state index in [9.17, 15) is 9.90 Å². The molecule has 1 aromatic carbocycles. The van der Waals surface area contributed by atoms with Gasteiger partial charge in [-0.25, -0.2) is 4.79 Å². The highest BCUT2D eigenvalue weighted by Gasteiger charge is 2.37. The molecule has 2 rings (SSSR count). The maximum absolute atomic E-state index is 12.5. The van der Waals surface area contributed by atoms with Crippen molar-refractivity contribution in [2.24, 2.45) is 11.3 Å². The molecule has 0 unspecified atom stereocenters. The average molecular weight is 348 g/mol. The predicted molar refractivity (Wildman–Crippen MR) is 101 cm³/mol. The summed E-state index contributed by atoms with van der Waals surface area (Å²) in [6.45, 7) is 11.5. The largest absolute Gasteiger partial charge is 0.491 e. The molecule has 2 amide bonds. The fourth-order valence-corrected chi connectivity index (χ4v) is 3.29. The number of urea groups is 1. The van der Waals surface area contributed by atoms with Gasteiger partial charge in [0.25, 0.3) is 0 Å². The third kappa shape index (κ3) is 5.36. The van der Waals surface area contributed by atoms with E-state index in [2.05, 4.69) is 33.0 Å². The number of aliphatic hydroxyl groups is 1. The van der Waals surface area contributed by atoms with Gasteiger partial charge in [0.1, 0.15) is 5.75 Å². The average Bonchev–Trinajstić information content (AvgIpc) is 2.53. The molecule has 3 atom stereocenters. The Bertz CT molecular complexity index is 583. The third-order valence-corrected chi connectivity index (χ3v) is 4.98. The monoisotopic (exact) mass is 348 g/mol. The van der Waals surface area contributed by atoms with E-state index in [0.29, 0.717) is 18.8 Å². The number of β-amino-alcohol motifs (C(OH)–C–C–N with tert-alkyl or cyclic N) is 1. The molecule has 0 spiro atoms. The molecular weight excluding hydrogens is 316 g/mol. The standard InChI is InChI=1S/C20H32N2O3/c1-6-14(2)25-16-9-7-8-15(12-16)21-19(24)22-11-10-17(18(23)13-22)20(3,4)5/h7-9,12,14,17-18,23H,6,10-11,13H2,1-5H3,(H,21,24)/t14-,17-,18+/m0/s1. The van der Waals surface area contributed by atoms with E-state index in [0.717, 1.165) is 18.6 Å². The van der Waals surface area contributed by atoms with E-state index >= 15 is 0 Å². The van der Waals surface area contributed by atoms with Crippen LogP contribution >= 0.6 is 0 Å². The van der Waals surface area contributed by atoms with Gasteiger partial charge in [-0.2, -0.15) is 0 Å². The first-order valence-electron chi connectivity index (χ1n) is 9.21. The number of hydrogen-bond donors (Lipinski definition) is 2. The molecule has 0 radical (unpaired) electrons. The Morgan fingerprint density at radius 3 is 2.76 bits per heavy atom. The first-order chi connectivity index (χ1) is 11.7. The molecular formula is C20H32N2O3. The maximum atomic E-state index is 12.5. The Kier molecular flexibility index (Phi) is 6.33. The number of nitrogens with one attached hydrogen (secondary N) is 1. The van der Waals surface area contributed by atoms with Gasteiger partial charge in [0.05, 0.1) is 12.2 Å². The second kappa shape index (κ2) is 8.09. The van der Waals surface area contributed by atoms with Crippen molar-refractivity contribution in [1.29, 1.82) is 0 Å². The summed E-state index contributed by atoms with van der Waals surface area (Å²) in [5, 5.41) is 13.3. The lowest BCUT2D eigenvalue weighted by Crippen LogP contribution is -2.51. The number of benzene rings is 1. The lowest BCUT2D eigenvalue weighted by atomic mass is 9.74. The van der Waals surface area contributed by atoms with Crippen molar-refractivity contribution in [1.82, 2.24) is 4.90 Å². The van der Waals surface area contributed by atoms with Crippen LogP contribution in [0, 0.1) is 11.3 Å². The Balaban J connectivity index is 1.95. The summed E-state index contributed by atoms with van der Waals surface area (Å²) in [6, 6.07) is 7.27. The molecule has 2 N–H and O–H groups in total. The molecule has 0 aliphatic carbocycles. The van der Waals surface area contributed by atoms with Gasteiger partial charge in [0.15, 0.2) is 0 Å². The lowest BCUT2D eigenvalue weighted by molar-refractivity contribution is -0.0108. The molecule has 1 heterocycles. The normalized spacial score (nSPS) is 22.4. The van der Waals surface area contributed by atoms with Crippen LogP contribution in [-0.4, -0.2) is 41.3 Å². The van der Waals surface area contributed by atoms with Crippen molar-refractivity contribution in [3.05, 3.63) is 24.3 Å². The van der Waals surface area contributed by atoms with E-state index in [1.54, 1.807) is 4.90 Å². The van der Waals surface area contributed by atoms with Gasteiger partial charge in [-0.3, -0.25) is 0 Å². The summed E-state index contributed by atoms with van der Waals surface area (Å²) in [5.74, 6) is 0.961. The van der Waals surface area contributed by atoms with Crippen LogP contribution in [0.2, 0.25) is 0 Å². The van der Waals surface area contributed by atoms with Crippen LogP contribution in [-0.2, 0) is 0 Å². The van der Waals surface area contributed by atoms with Crippen LogP contribution in [0.15, 0.2) is 24.3 Å². The fourth-order valence-electron chi connectivity index (χ4n) is 3.29. The summed E-state index contributed by atoms with van der Waals surface area (Å²) < 4.78 is 5.79. The SMILES string of the molecule is CC[C@H](C)Oc1cccc(NC(=O)N2CC[C@H](C(C)(C)C)[C@H](O)C2)c1. The first-order valence-corrected chi connectivity index (χ1v) is 9.21. The van der Waals surface area contributed by atoms with Gasteiger partial charge in [-0.1, -0.05) is 33.8 Å². The minimum atomic E-state index is -0.487. The van der Waals surface area contributed by atoms with E-state index in [1.807, 2.05) is 31.2 Å². The number of anilines is 1. The Morgan fingerprint density at radius 1 is 1.44 bits per heavy atom. The van der Waals surface area contributed by atoms with Crippen molar-refractivity contribution < 1.29 is 14.6 Å². The molecule has 1 fully saturated rings. The highest BCUT2D eigenvalue weighted by Crippen LogP contribution is 2.34. The molecule has 0 bridgehead atoms. The van der Waals surface area contributed by atoms with Crippen LogP contribution in [0.1, 0.15) is 47.5 Å². The van der Waals surface area contributed by atoms with E-state index in [4.69, 9.17) is 4.74 Å². The molecule has 5 heteroatoms. The maximum Gasteiger partial charge on any atom is 0.321 e. The van der Waals surface area contributed by atoms with Crippen LogP contribution in [0.5, 0.6) is 5.75 Å². The number of carbonyl (C=O) groups excluding carboxylic acids is 1. The number of aliphatic hydroxyl groups excluding tert-OH is 1. The van der Waals surface area contributed by atoms with Crippen molar-refractivity contribution in [2.45, 2.75) is 59.7 Å². The van der Waals surface area contributed by atoms with Gasteiger partial charge in [-0.15, -0.1) is 0 Å². The van der Waals surface area contributed by atoms with E-state index in [1.165, 1.54) is 0 Å². The molecule has 1 saturated heterocycles. The zero-order valence-corrected chi connectivity index (χ0v) is 16.1. The summed E-state index contributed by atoms with van der Waals surface area (Å²) in [6.07, 6.45) is 1.39. The summed E-state index contributed by atoms with van der Waals surface area (Å²) in [7, 11) is 0. The van der Waals surface area contributed by atoms with Gasteiger partial charge >= 0.3 is 6.03 Å². The highest BCUT2D eigenvalue weighted by atomic mass is 16.5. The number of amides is 2. The van der Waals surface area contributed by atoms with E-state index in [-0.39, 0.29) is 23.5 Å². The van der Waals surface area contributed by atoms with Crippen LogP contribution in [0.4, 0.5) is 10.5 Å². The number of nitrogens with zero attached hydrogens (tertiary/aromatic N) is 1. The molecule has 0 aromatic heterocycles. The number of ether oxygens (including phenoxy) is 1. The summed E-state index contributed by atoms with van der Waals surface area (Å²) in [5.41, 5.74) is 0.752.